The summed E-state index contributed by atoms with van der Waals surface area (Å²) in [6.07, 6.45) is 0. The molecule has 0 aliphatic rings. The van der Waals surface area contributed by atoms with Crippen LogP contribution in [0.4, 0.5) is 11.4 Å². The summed E-state index contributed by atoms with van der Waals surface area (Å²) in [6.45, 7) is 14.3. The Morgan fingerprint density at radius 3 is 1.61 bits per heavy atom. The monoisotopic (exact) mass is 380 g/mol. The number of anilines is 2. The highest BCUT2D eigenvalue weighted by molar-refractivity contribution is 6.01. The number of carbonyl (C=O) groups is 2. The van der Waals surface area contributed by atoms with E-state index in [2.05, 4.69) is 46.9 Å². The molecule has 4 heteroatoms. The highest BCUT2D eigenvalue weighted by Crippen LogP contribution is 2.26. The van der Waals surface area contributed by atoms with Crippen LogP contribution in [0.2, 0.25) is 0 Å². The zero-order valence-corrected chi connectivity index (χ0v) is 18.1. The van der Waals surface area contributed by atoms with Gasteiger partial charge in [-0.1, -0.05) is 65.8 Å². The number of rotatable bonds is 4. The fraction of sp³-hybridized carbons (Fsp3) is 0.417. The maximum atomic E-state index is 12.5. The molecule has 0 bridgehead atoms. The summed E-state index contributed by atoms with van der Waals surface area (Å²) in [5, 5.41) is 2.88. The third-order valence-corrected chi connectivity index (χ3v) is 4.76. The van der Waals surface area contributed by atoms with Gasteiger partial charge in [-0.05, 0) is 46.2 Å². The molecule has 0 atom stereocenters. The number of carbonyl (C=O) groups excluding carboxylic acids is 2. The second kappa shape index (κ2) is 8.17. The van der Waals surface area contributed by atoms with Crippen molar-refractivity contribution in [1.29, 1.82) is 0 Å². The summed E-state index contributed by atoms with van der Waals surface area (Å²) in [4.78, 5) is 26.1. The van der Waals surface area contributed by atoms with Crippen LogP contribution in [0.3, 0.4) is 0 Å². The first-order valence-corrected chi connectivity index (χ1v) is 9.67. The van der Waals surface area contributed by atoms with Crippen molar-refractivity contribution >= 4 is 23.2 Å². The molecule has 0 aliphatic heterocycles. The molecular weight excluding hydrogens is 348 g/mol. The van der Waals surface area contributed by atoms with Gasteiger partial charge in [0.05, 0.1) is 0 Å². The molecule has 150 valence electrons. The van der Waals surface area contributed by atoms with E-state index in [9.17, 15) is 9.59 Å². The van der Waals surface area contributed by atoms with Gasteiger partial charge in [-0.15, -0.1) is 0 Å². The number of nitrogens with zero attached hydrogens (tertiary/aromatic N) is 1. The smallest absolute Gasteiger partial charge is 0.244 e. The molecule has 0 radical (unpaired) electrons. The van der Waals surface area contributed by atoms with Crippen LogP contribution in [-0.2, 0) is 20.4 Å². The average Bonchev–Trinajstić information content (AvgIpc) is 2.58. The molecule has 0 aliphatic carbocycles. The standard InChI is InChI=1S/C24H32N2O2/c1-17(27)26(21-14-10-19(11-15-21)24(5,6)7)16-22(28)25-20-12-8-18(9-13-20)23(2,3)4/h8-15H,16H2,1-7H3,(H,25,28). The largest absolute Gasteiger partial charge is 0.325 e. The van der Waals surface area contributed by atoms with Gasteiger partial charge in [0, 0.05) is 18.3 Å². The Morgan fingerprint density at radius 2 is 1.21 bits per heavy atom. The molecule has 0 unspecified atom stereocenters. The third kappa shape index (κ3) is 5.69. The molecule has 2 aromatic carbocycles. The van der Waals surface area contributed by atoms with Crippen molar-refractivity contribution in [3.8, 4) is 0 Å². The lowest BCUT2D eigenvalue weighted by atomic mass is 9.87. The Bertz CT molecular complexity index is 823. The van der Waals surface area contributed by atoms with Gasteiger partial charge in [-0.3, -0.25) is 9.59 Å². The van der Waals surface area contributed by atoms with Crippen LogP contribution in [0.15, 0.2) is 48.5 Å². The van der Waals surface area contributed by atoms with E-state index in [0.29, 0.717) is 0 Å². The van der Waals surface area contributed by atoms with Crippen molar-refractivity contribution < 1.29 is 9.59 Å². The fourth-order valence-corrected chi connectivity index (χ4v) is 2.92. The first-order valence-electron chi connectivity index (χ1n) is 9.67. The van der Waals surface area contributed by atoms with Crippen molar-refractivity contribution in [2.75, 3.05) is 16.8 Å². The van der Waals surface area contributed by atoms with Gasteiger partial charge < -0.3 is 10.2 Å². The van der Waals surface area contributed by atoms with Crippen LogP contribution in [0.1, 0.15) is 59.6 Å². The molecule has 0 spiro atoms. The van der Waals surface area contributed by atoms with E-state index in [-0.39, 0.29) is 29.2 Å². The minimum atomic E-state index is -0.224. The van der Waals surface area contributed by atoms with Crippen LogP contribution in [-0.4, -0.2) is 18.4 Å². The van der Waals surface area contributed by atoms with Crippen molar-refractivity contribution in [2.45, 2.75) is 59.3 Å². The molecule has 2 aromatic rings. The van der Waals surface area contributed by atoms with Gasteiger partial charge in [0.15, 0.2) is 0 Å². The Labute approximate surface area is 169 Å². The van der Waals surface area contributed by atoms with Crippen LogP contribution < -0.4 is 10.2 Å². The van der Waals surface area contributed by atoms with Gasteiger partial charge in [0.2, 0.25) is 11.8 Å². The Morgan fingerprint density at radius 1 is 0.786 bits per heavy atom. The number of benzene rings is 2. The van der Waals surface area contributed by atoms with E-state index in [0.717, 1.165) is 11.4 Å². The summed E-state index contributed by atoms with van der Waals surface area (Å²) in [6, 6.07) is 15.6. The first-order chi connectivity index (χ1) is 12.9. The zero-order chi connectivity index (χ0) is 21.1. The molecule has 0 heterocycles. The molecule has 0 fully saturated rings. The van der Waals surface area contributed by atoms with E-state index in [1.165, 1.54) is 23.0 Å². The molecule has 28 heavy (non-hydrogen) atoms. The van der Waals surface area contributed by atoms with E-state index < -0.39 is 0 Å². The normalized spacial score (nSPS) is 11.8. The number of hydrogen-bond donors (Lipinski definition) is 1. The fourth-order valence-electron chi connectivity index (χ4n) is 2.92. The van der Waals surface area contributed by atoms with Crippen LogP contribution in [0.25, 0.3) is 0 Å². The second-order valence-corrected chi connectivity index (χ2v) is 9.28. The minimum absolute atomic E-state index is 0.0226. The van der Waals surface area contributed by atoms with Crippen LogP contribution in [0.5, 0.6) is 0 Å². The number of hydrogen-bond acceptors (Lipinski definition) is 2. The van der Waals surface area contributed by atoms with Gasteiger partial charge in [-0.25, -0.2) is 0 Å². The first kappa shape index (κ1) is 21.7. The summed E-state index contributed by atoms with van der Waals surface area (Å²) in [7, 11) is 0. The van der Waals surface area contributed by atoms with Crippen molar-refractivity contribution in [1.82, 2.24) is 0 Å². The van der Waals surface area contributed by atoms with Gasteiger partial charge in [0.25, 0.3) is 0 Å². The minimum Gasteiger partial charge on any atom is -0.325 e. The molecular formula is C24H32N2O2. The molecule has 0 saturated heterocycles. The Balaban J connectivity index is 2.10. The Hall–Kier alpha value is -2.62. The quantitative estimate of drug-likeness (QED) is 0.785. The van der Waals surface area contributed by atoms with Crippen molar-refractivity contribution in [2.24, 2.45) is 0 Å². The predicted molar refractivity (Wildman–Crippen MR) is 117 cm³/mol. The lowest BCUT2D eigenvalue weighted by molar-refractivity contribution is -0.120. The number of nitrogens with one attached hydrogen (secondary N) is 1. The average molecular weight is 381 g/mol. The van der Waals surface area contributed by atoms with Gasteiger partial charge >= 0.3 is 0 Å². The van der Waals surface area contributed by atoms with E-state index >= 15 is 0 Å². The SMILES string of the molecule is CC(=O)N(CC(=O)Nc1ccc(C(C)(C)C)cc1)c1ccc(C(C)(C)C)cc1. The Kier molecular flexibility index (Phi) is 6.33. The summed E-state index contributed by atoms with van der Waals surface area (Å²) >= 11 is 0. The highest BCUT2D eigenvalue weighted by Gasteiger charge is 2.19. The van der Waals surface area contributed by atoms with Crippen molar-refractivity contribution in [3.05, 3.63) is 59.7 Å². The maximum absolute atomic E-state index is 12.5. The highest BCUT2D eigenvalue weighted by atomic mass is 16.2. The molecule has 0 saturated carbocycles. The molecule has 1 N–H and O–H groups in total. The predicted octanol–water partition coefficient (Wildman–Crippen LogP) is 5.27. The molecule has 2 amide bonds. The maximum Gasteiger partial charge on any atom is 0.244 e. The van der Waals surface area contributed by atoms with Crippen LogP contribution >= 0.6 is 0 Å². The lowest BCUT2D eigenvalue weighted by Gasteiger charge is -2.23. The second-order valence-electron chi connectivity index (χ2n) is 9.28. The summed E-state index contributed by atoms with van der Waals surface area (Å²) in [5.74, 6) is -0.389. The zero-order valence-electron chi connectivity index (χ0n) is 18.1. The molecule has 0 aromatic heterocycles. The van der Waals surface area contributed by atoms with E-state index in [4.69, 9.17) is 0 Å². The van der Waals surface area contributed by atoms with Crippen molar-refractivity contribution in [3.63, 3.8) is 0 Å². The van der Waals surface area contributed by atoms with Gasteiger partial charge in [-0.2, -0.15) is 0 Å². The molecule has 4 nitrogen and oxygen atoms in total. The van der Waals surface area contributed by atoms with Crippen LogP contribution in [0, 0.1) is 0 Å². The third-order valence-electron chi connectivity index (χ3n) is 4.76. The summed E-state index contributed by atoms with van der Waals surface area (Å²) < 4.78 is 0. The number of amides is 2. The lowest BCUT2D eigenvalue weighted by Crippen LogP contribution is -2.36. The van der Waals surface area contributed by atoms with E-state index in [1.807, 2.05) is 48.5 Å². The van der Waals surface area contributed by atoms with E-state index in [1.54, 1.807) is 0 Å². The topological polar surface area (TPSA) is 49.4 Å². The van der Waals surface area contributed by atoms with Gasteiger partial charge in [0.1, 0.15) is 6.54 Å². The summed E-state index contributed by atoms with van der Waals surface area (Å²) in [5.41, 5.74) is 3.94. The molecule has 2 rings (SSSR count).